The van der Waals surface area contributed by atoms with E-state index in [1.165, 1.54) is 25.7 Å². The van der Waals surface area contributed by atoms with Crippen LogP contribution in [0, 0.1) is 11.8 Å². The lowest BCUT2D eigenvalue weighted by atomic mass is 9.98. The number of amides is 1. The zero-order valence-electron chi connectivity index (χ0n) is 11.4. The van der Waals surface area contributed by atoms with Crippen molar-refractivity contribution in [3.63, 3.8) is 0 Å². The number of anilines is 1. The average molecular weight is 258 g/mol. The number of hydrogen-bond donors (Lipinski definition) is 2. The number of nitrogens with two attached hydrogens (primary N) is 1. The molecular formula is C16H22N2O. The molecular weight excluding hydrogens is 236 g/mol. The van der Waals surface area contributed by atoms with Crippen molar-refractivity contribution >= 4 is 11.6 Å². The van der Waals surface area contributed by atoms with Gasteiger partial charge in [0.05, 0.1) is 5.92 Å². The summed E-state index contributed by atoms with van der Waals surface area (Å²) >= 11 is 0. The van der Waals surface area contributed by atoms with Gasteiger partial charge in [-0.25, -0.2) is 0 Å². The number of hydrogen-bond acceptors (Lipinski definition) is 2. The van der Waals surface area contributed by atoms with Crippen molar-refractivity contribution in [2.45, 2.75) is 44.6 Å². The molecule has 0 aromatic heterocycles. The average Bonchev–Trinajstić information content (AvgIpc) is 3.28. The zero-order valence-corrected chi connectivity index (χ0v) is 11.4. The van der Waals surface area contributed by atoms with Crippen molar-refractivity contribution in [3.05, 3.63) is 29.8 Å². The molecule has 3 nitrogen and oxygen atoms in total. The third kappa shape index (κ3) is 2.91. The normalized spacial score (nSPS) is 20.3. The molecule has 0 saturated heterocycles. The number of benzene rings is 1. The van der Waals surface area contributed by atoms with E-state index in [0.717, 1.165) is 23.1 Å². The predicted octanol–water partition coefficient (Wildman–Crippen LogP) is 2.68. The lowest BCUT2D eigenvalue weighted by molar-refractivity contribution is -0.123. The van der Waals surface area contributed by atoms with Gasteiger partial charge in [0.25, 0.3) is 0 Å². The number of rotatable bonds is 5. The molecule has 102 valence electrons. The van der Waals surface area contributed by atoms with Crippen LogP contribution in [0.15, 0.2) is 24.3 Å². The standard InChI is InChI=1S/C16H22N2O/c1-10(13-3-2-4-14(17)9-13)16(19)18-15(11-5-6-11)12-7-8-12/h2-4,9-12,15H,5-8,17H2,1H3,(H,18,19). The predicted molar refractivity (Wildman–Crippen MR) is 76.6 cm³/mol. The zero-order chi connectivity index (χ0) is 13.4. The third-order valence-corrected chi connectivity index (χ3v) is 4.37. The highest BCUT2D eigenvalue weighted by molar-refractivity contribution is 5.83. The van der Waals surface area contributed by atoms with Gasteiger partial charge in [0.2, 0.25) is 5.91 Å². The van der Waals surface area contributed by atoms with Crippen LogP contribution >= 0.6 is 0 Å². The lowest BCUT2D eigenvalue weighted by Gasteiger charge is -2.21. The van der Waals surface area contributed by atoms with Crippen LogP contribution in [0.25, 0.3) is 0 Å². The largest absolute Gasteiger partial charge is 0.399 e. The quantitative estimate of drug-likeness (QED) is 0.798. The first-order chi connectivity index (χ1) is 9.15. The van der Waals surface area contributed by atoms with Gasteiger partial charge < -0.3 is 11.1 Å². The van der Waals surface area contributed by atoms with Gasteiger partial charge >= 0.3 is 0 Å². The van der Waals surface area contributed by atoms with Crippen LogP contribution in [0.4, 0.5) is 5.69 Å². The second-order valence-corrected chi connectivity index (χ2v) is 6.10. The Morgan fingerprint density at radius 3 is 2.42 bits per heavy atom. The Balaban J connectivity index is 1.65. The van der Waals surface area contributed by atoms with Gasteiger partial charge in [0, 0.05) is 11.7 Å². The fourth-order valence-electron chi connectivity index (χ4n) is 2.80. The molecule has 0 bridgehead atoms. The van der Waals surface area contributed by atoms with Gasteiger partial charge in [0.15, 0.2) is 0 Å². The highest BCUT2D eigenvalue weighted by Gasteiger charge is 2.42. The van der Waals surface area contributed by atoms with E-state index in [0.29, 0.717) is 6.04 Å². The van der Waals surface area contributed by atoms with Gasteiger partial charge in [-0.1, -0.05) is 12.1 Å². The Labute approximate surface area is 114 Å². The molecule has 0 aliphatic heterocycles. The van der Waals surface area contributed by atoms with Crippen molar-refractivity contribution in [3.8, 4) is 0 Å². The Hall–Kier alpha value is -1.51. The number of carbonyl (C=O) groups excluding carboxylic acids is 1. The summed E-state index contributed by atoms with van der Waals surface area (Å²) in [6.45, 7) is 1.96. The monoisotopic (exact) mass is 258 g/mol. The number of carbonyl (C=O) groups is 1. The molecule has 1 aromatic carbocycles. The number of nitrogen functional groups attached to an aromatic ring is 1. The molecule has 2 aliphatic rings. The summed E-state index contributed by atoms with van der Waals surface area (Å²) in [5, 5.41) is 3.28. The van der Waals surface area contributed by atoms with Crippen molar-refractivity contribution < 1.29 is 4.79 Å². The minimum absolute atomic E-state index is 0.122. The second-order valence-electron chi connectivity index (χ2n) is 6.10. The minimum Gasteiger partial charge on any atom is -0.399 e. The first-order valence-electron chi connectivity index (χ1n) is 7.31. The molecule has 2 fully saturated rings. The Morgan fingerprint density at radius 1 is 1.26 bits per heavy atom. The van der Waals surface area contributed by atoms with Gasteiger partial charge in [-0.05, 0) is 62.1 Å². The van der Waals surface area contributed by atoms with E-state index in [9.17, 15) is 4.79 Å². The SMILES string of the molecule is CC(C(=O)NC(C1CC1)C1CC1)c1cccc(N)c1. The summed E-state index contributed by atoms with van der Waals surface area (Å²) in [5.74, 6) is 1.51. The van der Waals surface area contributed by atoms with Crippen molar-refractivity contribution in [1.29, 1.82) is 0 Å². The number of nitrogens with one attached hydrogen (secondary N) is 1. The molecule has 3 N–H and O–H groups in total. The molecule has 0 spiro atoms. The van der Waals surface area contributed by atoms with E-state index in [2.05, 4.69) is 5.32 Å². The molecule has 2 saturated carbocycles. The van der Waals surface area contributed by atoms with Crippen LogP contribution in [0.1, 0.15) is 44.1 Å². The molecule has 2 aliphatic carbocycles. The fraction of sp³-hybridized carbons (Fsp3) is 0.562. The maximum Gasteiger partial charge on any atom is 0.227 e. The van der Waals surface area contributed by atoms with Gasteiger partial charge in [-0.2, -0.15) is 0 Å². The van der Waals surface area contributed by atoms with E-state index in [-0.39, 0.29) is 11.8 Å². The maximum absolute atomic E-state index is 12.4. The Kier molecular flexibility index (Phi) is 3.21. The van der Waals surface area contributed by atoms with Crippen LogP contribution in [0.3, 0.4) is 0 Å². The topological polar surface area (TPSA) is 55.1 Å². The summed E-state index contributed by atoms with van der Waals surface area (Å²) in [4.78, 5) is 12.4. The van der Waals surface area contributed by atoms with Crippen LogP contribution in [-0.2, 0) is 4.79 Å². The molecule has 1 aromatic rings. The minimum atomic E-state index is -0.122. The first kappa shape index (κ1) is 12.5. The van der Waals surface area contributed by atoms with E-state index in [1.807, 2.05) is 31.2 Å². The van der Waals surface area contributed by atoms with Crippen molar-refractivity contribution in [2.24, 2.45) is 11.8 Å². The third-order valence-electron chi connectivity index (χ3n) is 4.37. The van der Waals surface area contributed by atoms with E-state index < -0.39 is 0 Å². The molecule has 3 rings (SSSR count). The van der Waals surface area contributed by atoms with E-state index in [4.69, 9.17) is 5.73 Å². The summed E-state index contributed by atoms with van der Waals surface area (Å²) < 4.78 is 0. The highest BCUT2D eigenvalue weighted by atomic mass is 16.1. The Morgan fingerprint density at radius 2 is 1.89 bits per heavy atom. The van der Waals surface area contributed by atoms with Crippen LogP contribution < -0.4 is 11.1 Å². The van der Waals surface area contributed by atoms with Gasteiger partial charge in [-0.3, -0.25) is 4.79 Å². The molecule has 0 heterocycles. The fourth-order valence-corrected chi connectivity index (χ4v) is 2.80. The highest BCUT2D eigenvalue weighted by Crippen LogP contribution is 2.44. The summed E-state index contributed by atoms with van der Waals surface area (Å²) in [5.41, 5.74) is 7.51. The molecule has 3 heteroatoms. The van der Waals surface area contributed by atoms with Crippen molar-refractivity contribution in [2.75, 3.05) is 5.73 Å². The van der Waals surface area contributed by atoms with Gasteiger partial charge in [-0.15, -0.1) is 0 Å². The molecule has 19 heavy (non-hydrogen) atoms. The van der Waals surface area contributed by atoms with Crippen molar-refractivity contribution in [1.82, 2.24) is 5.32 Å². The maximum atomic E-state index is 12.4. The van der Waals surface area contributed by atoms with Crippen LogP contribution in [0.2, 0.25) is 0 Å². The van der Waals surface area contributed by atoms with E-state index >= 15 is 0 Å². The first-order valence-corrected chi connectivity index (χ1v) is 7.31. The summed E-state index contributed by atoms with van der Waals surface area (Å²) in [6.07, 6.45) is 5.14. The Bertz CT molecular complexity index is 465. The summed E-state index contributed by atoms with van der Waals surface area (Å²) in [7, 11) is 0. The molecule has 0 radical (unpaired) electrons. The van der Waals surface area contributed by atoms with Crippen LogP contribution in [0.5, 0.6) is 0 Å². The smallest absolute Gasteiger partial charge is 0.227 e. The molecule has 1 atom stereocenters. The van der Waals surface area contributed by atoms with Crippen LogP contribution in [-0.4, -0.2) is 11.9 Å². The lowest BCUT2D eigenvalue weighted by Crippen LogP contribution is -2.40. The van der Waals surface area contributed by atoms with E-state index in [1.54, 1.807) is 0 Å². The summed E-state index contributed by atoms with van der Waals surface area (Å²) in [6, 6.07) is 8.06. The second kappa shape index (κ2) is 4.87. The molecule has 1 amide bonds. The molecule has 1 unspecified atom stereocenters. The van der Waals surface area contributed by atoms with Gasteiger partial charge in [0.1, 0.15) is 0 Å².